The molecule has 3 heteroatoms. The van der Waals surface area contributed by atoms with Crippen LogP contribution in [0.5, 0.6) is 5.75 Å². The van der Waals surface area contributed by atoms with Gasteiger partial charge in [0.15, 0.2) is 0 Å². The third-order valence-electron chi connectivity index (χ3n) is 3.46. The standard InChI is InChI=1S/C18H25NOS/c1-4-10-20-16-8-5-7-15(12-16)13-19-14-18(2,3)17-9-6-11-21-17/h5-9,11-12,19H,4,10,13-14H2,1-3H3. The van der Waals surface area contributed by atoms with Gasteiger partial charge in [0.25, 0.3) is 0 Å². The van der Waals surface area contributed by atoms with Crippen molar-refractivity contribution in [3.05, 3.63) is 52.2 Å². The van der Waals surface area contributed by atoms with Gasteiger partial charge in [-0.15, -0.1) is 11.3 Å². The molecule has 0 radical (unpaired) electrons. The van der Waals surface area contributed by atoms with E-state index in [2.05, 4.69) is 61.8 Å². The zero-order chi connectivity index (χ0) is 15.1. The number of hydrogen-bond acceptors (Lipinski definition) is 3. The van der Waals surface area contributed by atoms with Gasteiger partial charge >= 0.3 is 0 Å². The van der Waals surface area contributed by atoms with E-state index >= 15 is 0 Å². The number of ether oxygens (including phenoxy) is 1. The number of nitrogens with one attached hydrogen (secondary N) is 1. The van der Waals surface area contributed by atoms with Crippen molar-refractivity contribution in [2.75, 3.05) is 13.2 Å². The summed E-state index contributed by atoms with van der Waals surface area (Å²) in [7, 11) is 0. The average Bonchev–Trinajstić information content (AvgIpc) is 3.00. The Morgan fingerprint density at radius 3 is 2.76 bits per heavy atom. The molecule has 114 valence electrons. The van der Waals surface area contributed by atoms with Crippen LogP contribution in [-0.4, -0.2) is 13.2 Å². The summed E-state index contributed by atoms with van der Waals surface area (Å²) in [4.78, 5) is 1.43. The fraction of sp³-hybridized carbons (Fsp3) is 0.444. The Bertz CT molecular complexity index is 534. The Morgan fingerprint density at radius 2 is 2.05 bits per heavy atom. The van der Waals surface area contributed by atoms with E-state index in [4.69, 9.17) is 4.74 Å². The van der Waals surface area contributed by atoms with E-state index in [9.17, 15) is 0 Å². The average molecular weight is 303 g/mol. The molecule has 0 unspecified atom stereocenters. The first-order valence-corrected chi connectivity index (χ1v) is 8.46. The van der Waals surface area contributed by atoms with Gasteiger partial charge in [0.2, 0.25) is 0 Å². The third-order valence-corrected chi connectivity index (χ3v) is 4.69. The molecule has 0 aliphatic heterocycles. The molecular formula is C18H25NOS. The minimum absolute atomic E-state index is 0.171. The number of thiophene rings is 1. The second kappa shape index (κ2) is 7.62. The van der Waals surface area contributed by atoms with Gasteiger partial charge in [-0.1, -0.05) is 39.0 Å². The number of rotatable bonds is 8. The molecule has 1 aromatic heterocycles. The van der Waals surface area contributed by atoms with E-state index in [0.717, 1.165) is 31.9 Å². The second-order valence-corrected chi connectivity index (χ2v) is 6.91. The van der Waals surface area contributed by atoms with Crippen LogP contribution in [0.25, 0.3) is 0 Å². The lowest BCUT2D eigenvalue weighted by atomic mass is 9.91. The molecule has 1 aromatic carbocycles. The molecule has 0 saturated heterocycles. The van der Waals surface area contributed by atoms with Crippen LogP contribution in [0, 0.1) is 0 Å². The second-order valence-electron chi connectivity index (χ2n) is 5.96. The van der Waals surface area contributed by atoms with Crippen LogP contribution >= 0.6 is 11.3 Å². The van der Waals surface area contributed by atoms with E-state index in [1.54, 1.807) is 0 Å². The van der Waals surface area contributed by atoms with Crippen LogP contribution in [0.2, 0.25) is 0 Å². The summed E-state index contributed by atoms with van der Waals surface area (Å²) >= 11 is 1.83. The van der Waals surface area contributed by atoms with E-state index in [1.165, 1.54) is 10.4 Å². The number of benzene rings is 1. The first-order chi connectivity index (χ1) is 10.1. The first kappa shape index (κ1) is 16.1. The van der Waals surface area contributed by atoms with Crippen LogP contribution in [-0.2, 0) is 12.0 Å². The molecule has 0 aliphatic carbocycles. The minimum Gasteiger partial charge on any atom is -0.494 e. The molecule has 0 aliphatic rings. The summed E-state index contributed by atoms with van der Waals surface area (Å²) < 4.78 is 5.68. The van der Waals surface area contributed by atoms with Gasteiger partial charge in [-0.3, -0.25) is 0 Å². The van der Waals surface area contributed by atoms with Gasteiger partial charge in [0.1, 0.15) is 5.75 Å². The Hall–Kier alpha value is -1.32. The summed E-state index contributed by atoms with van der Waals surface area (Å²) in [5.41, 5.74) is 1.44. The lowest BCUT2D eigenvalue weighted by molar-refractivity contribution is 0.317. The van der Waals surface area contributed by atoms with Gasteiger partial charge in [0.05, 0.1) is 6.61 Å². The maximum absolute atomic E-state index is 5.68. The van der Waals surface area contributed by atoms with Crippen LogP contribution in [0.1, 0.15) is 37.6 Å². The van der Waals surface area contributed by atoms with Crippen LogP contribution in [0.3, 0.4) is 0 Å². The van der Waals surface area contributed by atoms with Gasteiger partial charge in [-0.2, -0.15) is 0 Å². The van der Waals surface area contributed by atoms with Gasteiger partial charge in [0, 0.05) is 23.4 Å². The highest BCUT2D eigenvalue weighted by atomic mass is 32.1. The molecule has 1 heterocycles. The van der Waals surface area contributed by atoms with Crippen LogP contribution < -0.4 is 10.1 Å². The highest BCUT2D eigenvalue weighted by molar-refractivity contribution is 7.10. The third kappa shape index (κ3) is 4.87. The molecule has 0 saturated carbocycles. The van der Waals surface area contributed by atoms with E-state index in [0.29, 0.717) is 0 Å². The van der Waals surface area contributed by atoms with Gasteiger partial charge < -0.3 is 10.1 Å². The molecule has 0 amide bonds. The Labute approximate surface area is 132 Å². The quantitative estimate of drug-likeness (QED) is 0.769. The lowest BCUT2D eigenvalue weighted by Crippen LogP contribution is -2.31. The fourth-order valence-electron chi connectivity index (χ4n) is 2.24. The topological polar surface area (TPSA) is 21.3 Å². The van der Waals surface area contributed by atoms with Crippen LogP contribution in [0.15, 0.2) is 41.8 Å². The van der Waals surface area contributed by atoms with E-state index < -0.39 is 0 Å². The Balaban J connectivity index is 1.86. The van der Waals surface area contributed by atoms with Crippen molar-refractivity contribution in [2.45, 2.75) is 39.2 Å². The molecular weight excluding hydrogens is 278 g/mol. The van der Waals surface area contributed by atoms with Crippen molar-refractivity contribution >= 4 is 11.3 Å². The summed E-state index contributed by atoms with van der Waals surface area (Å²) in [6, 6.07) is 12.7. The maximum atomic E-state index is 5.68. The van der Waals surface area contributed by atoms with Crippen molar-refractivity contribution in [2.24, 2.45) is 0 Å². The Morgan fingerprint density at radius 1 is 1.19 bits per heavy atom. The minimum atomic E-state index is 0.171. The SMILES string of the molecule is CCCOc1cccc(CNCC(C)(C)c2cccs2)c1. The summed E-state index contributed by atoms with van der Waals surface area (Å²) in [5, 5.41) is 5.71. The smallest absolute Gasteiger partial charge is 0.119 e. The molecule has 0 atom stereocenters. The summed E-state index contributed by atoms with van der Waals surface area (Å²) in [6.45, 7) is 9.31. The molecule has 2 nitrogen and oxygen atoms in total. The zero-order valence-corrected chi connectivity index (χ0v) is 14.0. The van der Waals surface area contributed by atoms with Crippen molar-refractivity contribution in [3.8, 4) is 5.75 Å². The molecule has 2 rings (SSSR count). The van der Waals surface area contributed by atoms with Crippen molar-refractivity contribution in [1.29, 1.82) is 0 Å². The Kier molecular flexibility index (Phi) is 5.83. The van der Waals surface area contributed by atoms with Crippen LogP contribution in [0.4, 0.5) is 0 Å². The molecule has 1 N–H and O–H groups in total. The highest BCUT2D eigenvalue weighted by Gasteiger charge is 2.20. The highest BCUT2D eigenvalue weighted by Crippen LogP contribution is 2.26. The fourth-order valence-corrected chi connectivity index (χ4v) is 3.09. The monoisotopic (exact) mass is 303 g/mol. The number of hydrogen-bond donors (Lipinski definition) is 1. The van der Waals surface area contributed by atoms with Crippen molar-refractivity contribution in [1.82, 2.24) is 5.32 Å². The predicted molar refractivity (Wildman–Crippen MR) is 91.3 cm³/mol. The van der Waals surface area contributed by atoms with E-state index in [-0.39, 0.29) is 5.41 Å². The van der Waals surface area contributed by atoms with E-state index in [1.807, 2.05) is 17.4 Å². The lowest BCUT2D eigenvalue weighted by Gasteiger charge is -2.23. The van der Waals surface area contributed by atoms with Crippen molar-refractivity contribution in [3.63, 3.8) is 0 Å². The molecule has 0 fully saturated rings. The summed E-state index contributed by atoms with van der Waals surface area (Å²) in [5.74, 6) is 0.966. The predicted octanol–water partition coefficient (Wildman–Crippen LogP) is 4.60. The molecule has 0 spiro atoms. The largest absolute Gasteiger partial charge is 0.494 e. The normalized spacial score (nSPS) is 11.6. The summed E-state index contributed by atoms with van der Waals surface area (Å²) in [6.07, 6.45) is 1.04. The molecule has 2 aromatic rings. The first-order valence-electron chi connectivity index (χ1n) is 7.58. The maximum Gasteiger partial charge on any atom is 0.119 e. The zero-order valence-electron chi connectivity index (χ0n) is 13.2. The van der Waals surface area contributed by atoms with Gasteiger partial charge in [-0.25, -0.2) is 0 Å². The molecule has 0 bridgehead atoms. The van der Waals surface area contributed by atoms with Gasteiger partial charge in [-0.05, 0) is 35.6 Å². The van der Waals surface area contributed by atoms with Crippen molar-refractivity contribution < 1.29 is 4.74 Å². The molecule has 21 heavy (non-hydrogen) atoms.